The first-order valence-electron chi connectivity index (χ1n) is 6.55. The zero-order chi connectivity index (χ0) is 14.9. The number of nitrogens with two attached hydrogens (primary N) is 1. The number of nitrogen functional groups attached to an aromatic ring is 1. The Hall–Kier alpha value is -2.10. The van der Waals surface area contributed by atoms with Crippen LogP contribution >= 0.6 is 0 Å². The second kappa shape index (κ2) is 5.12. The summed E-state index contributed by atoms with van der Waals surface area (Å²) in [5.74, 6) is 0.704. The summed E-state index contributed by atoms with van der Waals surface area (Å²) in [5, 5.41) is 0. The van der Waals surface area contributed by atoms with Gasteiger partial charge in [0, 0.05) is 24.4 Å². The van der Waals surface area contributed by atoms with Gasteiger partial charge in [-0.2, -0.15) is 0 Å². The van der Waals surface area contributed by atoms with E-state index in [4.69, 9.17) is 10.5 Å². The molecule has 0 unspecified atom stereocenters. The number of benzene rings is 1. The van der Waals surface area contributed by atoms with Crippen LogP contribution in [0.2, 0.25) is 0 Å². The monoisotopic (exact) mass is 271 g/mol. The van der Waals surface area contributed by atoms with Crippen LogP contribution in [0.1, 0.15) is 25.0 Å². The predicted molar refractivity (Wildman–Crippen MR) is 85.8 cm³/mol. The van der Waals surface area contributed by atoms with Crippen molar-refractivity contribution < 1.29 is 4.74 Å². The second-order valence-corrected chi connectivity index (χ2v) is 5.58. The lowest BCUT2D eigenvalue weighted by Gasteiger charge is -2.34. The minimum Gasteiger partial charge on any atom is -0.495 e. The van der Waals surface area contributed by atoms with Crippen LogP contribution in [0, 0.1) is 5.41 Å². The first kappa shape index (κ1) is 14.3. The first-order valence-corrected chi connectivity index (χ1v) is 6.55. The number of hydrogen-bond acceptors (Lipinski definition) is 4. The molecule has 0 aliphatic heterocycles. The van der Waals surface area contributed by atoms with Gasteiger partial charge < -0.3 is 10.5 Å². The lowest BCUT2D eigenvalue weighted by Crippen LogP contribution is -2.26. The number of nitrogens with zero attached hydrogens (tertiary/aromatic N) is 2. The van der Waals surface area contributed by atoms with Gasteiger partial charge in [-0.3, -0.25) is 9.98 Å². The van der Waals surface area contributed by atoms with Crippen LogP contribution in [0.4, 0.5) is 5.69 Å². The van der Waals surface area contributed by atoms with Crippen molar-refractivity contribution in [2.75, 3.05) is 19.9 Å². The molecule has 4 nitrogen and oxygen atoms in total. The average molecular weight is 271 g/mol. The highest BCUT2D eigenvalue weighted by Crippen LogP contribution is 2.45. The Labute approximate surface area is 120 Å². The van der Waals surface area contributed by atoms with E-state index in [0.29, 0.717) is 11.4 Å². The lowest BCUT2D eigenvalue weighted by atomic mass is 9.71. The van der Waals surface area contributed by atoms with Gasteiger partial charge in [0.2, 0.25) is 0 Å². The van der Waals surface area contributed by atoms with Crippen molar-refractivity contribution in [1.82, 2.24) is 0 Å². The molecule has 0 heterocycles. The molecule has 0 bridgehead atoms. The van der Waals surface area contributed by atoms with Gasteiger partial charge in [-0.1, -0.05) is 13.8 Å². The van der Waals surface area contributed by atoms with Crippen molar-refractivity contribution in [2.24, 2.45) is 15.4 Å². The van der Waals surface area contributed by atoms with E-state index in [1.807, 2.05) is 18.3 Å². The number of ether oxygens (including phenoxy) is 1. The molecular formula is C16H21N3O. The van der Waals surface area contributed by atoms with Gasteiger partial charge in [0.15, 0.2) is 0 Å². The van der Waals surface area contributed by atoms with E-state index >= 15 is 0 Å². The molecule has 0 fully saturated rings. The number of methoxy groups -OCH3 is 1. The Morgan fingerprint density at radius 3 is 2.65 bits per heavy atom. The number of hydrogen-bond donors (Lipinski definition) is 1. The average Bonchev–Trinajstić information content (AvgIpc) is 2.41. The number of fused-ring (bicyclic) bond motifs is 1. The fourth-order valence-electron chi connectivity index (χ4n) is 2.77. The molecule has 0 spiro atoms. The zero-order valence-corrected chi connectivity index (χ0v) is 12.5. The molecule has 1 aliphatic rings. The molecule has 0 aromatic heterocycles. The van der Waals surface area contributed by atoms with Gasteiger partial charge in [-0.25, -0.2) is 0 Å². The maximum atomic E-state index is 6.23. The standard InChI is InChI=1S/C16H21N3O/c1-16(2)8-11-10(6-7-13(20-5)14(11)17)15(19-4)12(16)9-18-3/h6-7,9H,4,8,17H2,1-3,5H3. The Bertz CT molecular complexity index is 612. The smallest absolute Gasteiger partial charge is 0.142 e. The highest BCUT2D eigenvalue weighted by atomic mass is 16.5. The summed E-state index contributed by atoms with van der Waals surface area (Å²) in [5.41, 5.74) is 10.9. The summed E-state index contributed by atoms with van der Waals surface area (Å²) in [4.78, 5) is 8.38. The maximum Gasteiger partial charge on any atom is 0.142 e. The molecule has 0 atom stereocenters. The third-order valence-corrected chi connectivity index (χ3v) is 3.81. The third-order valence-electron chi connectivity index (χ3n) is 3.81. The van der Waals surface area contributed by atoms with Crippen LogP contribution in [0.25, 0.3) is 5.70 Å². The Kier molecular flexibility index (Phi) is 3.66. The summed E-state index contributed by atoms with van der Waals surface area (Å²) >= 11 is 0. The molecule has 1 aliphatic carbocycles. The van der Waals surface area contributed by atoms with E-state index in [-0.39, 0.29) is 5.41 Å². The molecule has 0 saturated heterocycles. The highest BCUT2D eigenvalue weighted by Gasteiger charge is 2.34. The van der Waals surface area contributed by atoms with Crippen molar-refractivity contribution in [1.29, 1.82) is 0 Å². The highest BCUT2D eigenvalue weighted by molar-refractivity contribution is 5.96. The van der Waals surface area contributed by atoms with Gasteiger partial charge in [0.1, 0.15) is 5.75 Å². The summed E-state index contributed by atoms with van der Waals surface area (Å²) in [6.45, 7) is 8.04. The fourth-order valence-corrected chi connectivity index (χ4v) is 2.77. The van der Waals surface area contributed by atoms with Crippen molar-refractivity contribution >= 4 is 24.3 Å². The SMILES string of the molecule is C=NC1=C(C=NC)C(C)(C)Cc2c1ccc(OC)c2N. The molecule has 2 rings (SSSR count). The topological polar surface area (TPSA) is 60.0 Å². The Morgan fingerprint density at radius 2 is 2.10 bits per heavy atom. The van der Waals surface area contributed by atoms with Crippen molar-refractivity contribution in [3.63, 3.8) is 0 Å². The summed E-state index contributed by atoms with van der Waals surface area (Å²) in [6.07, 6.45) is 2.69. The minimum atomic E-state index is -0.0937. The van der Waals surface area contributed by atoms with E-state index in [2.05, 4.69) is 30.5 Å². The first-order chi connectivity index (χ1) is 9.46. The van der Waals surface area contributed by atoms with E-state index < -0.39 is 0 Å². The molecule has 0 saturated carbocycles. The van der Waals surface area contributed by atoms with Crippen LogP contribution in [-0.2, 0) is 6.42 Å². The zero-order valence-electron chi connectivity index (χ0n) is 12.5. The van der Waals surface area contributed by atoms with Crippen LogP contribution < -0.4 is 10.5 Å². The van der Waals surface area contributed by atoms with Crippen LogP contribution in [0.3, 0.4) is 0 Å². The normalized spacial score (nSPS) is 17.2. The molecule has 0 amide bonds. The number of rotatable bonds is 3. The number of anilines is 1. The Morgan fingerprint density at radius 1 is 1.40 bits per heavy atom. The molecule has 1 aromatic rings. The molecule has 20 heavy (non-hydrogen) atoms. The summed E-state index contributed by atoms with van der Waals surface area (Å²) in [6, 6.07) is 3.87. The molecule has 2 N–H and O–H groups in total. The number of allylic oxidation sites excluding steroid dienone is 1. The van der Waals surface area contributed by atoms with E-state index in [1.165, 1.54) is 0 Å². The fraction of sp³-hybridized carbons (Fsp3) is 0.375. The molecule has 106 valence electrons. The molecule has 0 radical (unpaired) electrons. The van der Waals surface area contributed by atoms with Crippen LogP contribution in [0.5, 0.6) is 5.75 Å². The molecule has 1 aromatic carbocycles. The Balaban J connectivity index is 2.77. The third kappa shape index (κ3) is 2.11. The van der Waals surface area contributed by atoms with Crippen LogP contribution in [-0.4, -0.2) is 27.1 Å². The van der Waals surface area contributed by atoms with Gasteiger partial charge in [0.25, 0.3) is 0 Å². The molecule has 4 heteroatoms. The maximum absolute atomic E-state index is 6.23. The van der Waals surface area contributed by atoms with Gasteiger partial charge in [-0.15, -0.1) is 0 Å². The number of aliphatic imine (C=N–C) groups is 2. The summed E-state index contributed by atoms with van der Waals surface area (Å²) < 4.78 is 5.31. The summed E-state index contributed by atoms with van der Waals surface area (Å²) in [7, 11) is 3.39. The second-order valence-electron chi connectivity index (χ2n) is 5.58. The van der Waals surface area contributed by atoms with Crippen molar-refractivity contribution in [3.8, 4) is 5.75 Å². The minimum absolute atomic E-state index is 0.0937. The van der Waals surface area contributed by atoms with Crippen molar-refractivity contribution in [3.05, 3.63) is 28.8 Å². The molecular weight excluding hydrogens is 250 g/mol. The van der Waals surface area contributed by atoms with E-state index in [9.17, 15) is 0 Å². The van der Waals surface area contributed by atoms with Gasteiger partial charge in [-0.05, 0) is 36.2 Å². The predicted octanol–water partition coefficient (Wildman–Crippen LogP) is 2.97. The van der Waals surface area contributed by atoms with E-state index in [1.54, 1.807) is 14.2 Å². The van der Waals surface area contributed by atoms with E-state index in [0.717, 1.165) is 28.8 Å². The lowest BCUT2D eigenvalue weighted by molar-refractivity contribution is 0.414. The van der Waals surface area contributed by atoms with Crippen molar-refractivity contribution in [2.45, 2.75) is 20.3 Å². The largest absolute Gasteiger partial charge is 0.495 e. The van der Waals surface area contributed by atoms with Crippen LogP contribution in [0.15, 0.2) is 27.7 Å². The van der Waals surface area contributed by atoms with Gasteiger partial charge in [0.05, 0.1) is 18.5 Å². The quantitative estimate of drug-likeness (QED) is 0.678. The van der Waals surface area contributed by atoms with Gasteiger partial charge >= 0.3 is 0 Å².